The van der Waals surface area contributed by atoms with Crippen LogP contribution in [0.3, 0.4) is 0 Å². The van der Waals surface area contributed by atoms with Gasteiger partial charge in [0, 0.05) is 45.0 Å². The van der Waals surface area contributed by atoms with Crippen LogP contribution in [0.5, 0.6) is 0 Å². The van der Waals surface area contributed by atoms with Gasteiger partial charge in [0.2, 0.25) is 0 Å². The van der Waals surface area contributed by atoms with E-state index in [1.54, 1.807) is 0 Å². The van der Waals surface area contributed by atoms with E-state index < -0.39 is 0 Å². The van der Waals surface area contributed by atoms with E-state index in [0.717, 1.165) is 19.3 Å². The van der Waals surface area contributed by atoms with Crippen molar-refractivity contribution in [1.29, 1.82) is 0 Å². The molecule has 0 fully saturated rings. The molecule has 0 N–H and O–H groups in total. The number of nitrogens with zero attached hydrogens (tertiary/aromatic N) is 2. The molecule has 5 aliphatic rings. The first-order valence-corrected chi connectivity index (χ1v) is 20.2. The van der Waals surface area contributed by atoms with E-state index in [4.69, 9.17) is 0 Å². The van der Waals surface area contributed by atoms with Crippen LogP contribution in [-0.4, -0.2) is 10.1 Å². The summed E-state index contributed by atoms with van der Waals surface area (Å²) in [6.07, 6.45) is 17.6. The first-order valence-electron chi connectivity index (χ1n) is 20.2. The lowest BCUT2D eigenvalue weighted by atomic mass is 9.75. The first-order chi connectivity index (χ1) is 26.8. The topological polar surface area (TPSA) is 8.17 Å². The molecular formula is C53H46N2. The maximum atomic E-state index is 2.64. The van der Waals surface area contributed by atoms with Crippen LogP contribution in [0.15, 0.2) is 174 Å². The molecule has 3 unspecified atom stereocenters. The smallest absolute Gasteiger partial charge is 0.0709 e. The summed E-state index contributed by atoms with van der Waals surface area (Å²) in [4.78, 5) is 2.64. The maximum absolute atomic E-state index is 2.64. The van der Waals surface area contributed by atoms with E-state index in [1.807, 2.05) is 0 Å². The number of rotatable bonds is 4. The second kappa shape index (κ2) is 11.8. The van der Waals surface area contributed by atoms with Crippen molar-refractivity contribution in [3.05, 3.63) is 197 Å². The second-order valence-corrected chi connectivity index (χ2v) is 17.1. The Morgan fingerprint density at radius 1 is 0.655 bits per heavy atom. The van der Waals surface area contributed by atoms with Crippen LogP contribution in [0.1, 0.15) is 62.9 Å². The van der Waals surface area contributed by atoms with Crippen LogP contribution < -0.4 is 4.90 Å². The maximum Gasteiger partial charge on any atom is 0.0709 e. The number of aromatic nitrogens is 1. The summed E-state index contributed by atoms with van der Waals surface area (Å²) in [5.74, 6) is 0.743. The zero-order valence-corrected chi connectivity index (χ0v) is 32.2. The largest absolute Gasteiger partial charge is 0.335 e. The Morgan fingerprint density at radius 2 is 1.38 bits per heavy atom. The molecule has 6 aromatic rings. The van der Waals surface area contributed by atoms with Gasteiger partial charge in [0.25, 0.3) is 0 Å². The highest BCUT2D eigenvalue weighted by Gasteiger charge is 2.49. The molecule has 0 bridgehead atoms. The van der Waals surface area contributed by atoms with Gasteiger partial charge in [-0.3, -0.25) is 0 Å². The van der Waals surface area contributed by atoms with Crippen LogP contribution in [0.25, 0.3) is 44.9 Å². The van der Waals surface area contributed by atoms with Crippen LogP contribution in [0.2, 0.25) is 0 Å². The van der Waals surface area contributed by atoms with Gasteiger partial charge < -0.3 is 9.47 Å². The molecule has 0 saturated heterocycles. The SMILES string of the molecule is CC1CC2=C(C=C1C1=Cc3c(n(-c4ccc(-c5ccccc5)cc4)c4cc5c(cc34)-c3ccccc3C5(C)C)CC1)C1C=CC=CC1(C)N2c1ccccc1. The fourth-order valence-corrected chi connectivity index (χ4v) is 10.9. The normalized spacial score (nSPS) is 22.9. The highest BCUT2D eigenvalue weighted by atomic mass is 15.2. The van der Waals surface area contributed by atoms with Gasteiger partial charge >= 0.3 is 0 Å². The molecule has 1 aromatic heterocycles. The summed E-state index contributed by atoms with van der Waals surface area (Å²) in [5.41, 5.74) is 20.6. The molecule has 268 valence electrons. The van der Waals surface area contributed by atoms with E-state index in [1.165, 1.54) is 89.3 Å². The van der Waals surface area contributed by atoms with Crippen LogP contribution in [0.4, 0.5) is 5.69 Å². The van der Waals surface area contributed by atoms with Gasteiger partial charge in [-0.15, -0.1) is 0 Å². The molecule has 0 saturated carbocycles. The zero-order chi connectivity index (χ0) is 37.1. The molecule has 0 radical (unpaired) electrons. The third kappa shape index (κ3) is 4.67. The first kappa shape index (κ1) is 32.6. The number of hydrogen-bond donors (Lipinski definition) is 0. The Kier molecular flexibility index (Phi) is 7.00. The molecule has 2 heterocycles. The quantitative estimate of drug-likeness (QED) is 0.177. The molecular weight excluding hydrogens is 665 g/mol. The summed E-state index contributed by atoms with van der Waals surface area (Å²) in [6, 6.07) is 45.1. The fraction of sp³-hybridized carbons (Fsp3) is 0.208. The molecule has 0 amide bonds. The fourth-order valence-electron chi connectivity index (χ4n) is 10.9. The second-order valence-electron chi connectivity index (χ2n) is 17.1. The summed E-state index contributed by atoms with van der Waals surface area (Å²) in [6.45, 7) is 9.67. The Labute approximate surface area is 325 Å². The van der Waals surface area contributed by atoms with Crippen molar-refractivity contribution >= 4 is 22.7 Å². The summed E-state index contributed by atoms with van der Waals surface area (Å²) in [5, 5.41) is 1.36. The van der Waals surface area contributed by atoms with Crippen LogP contribution in [-0.2, 0) is 11.8 Å². The minimum absolute atomic E-state index is 0.0617. The molecule has 3 atom stereocenters. The monoisotopic (exact) mass is 710 g/mol. The summed E-state index contributed by atoms with van der Waals surface area (Å²) < 4.78 is 2.59. The number of benzene rings is 5. The third-order valence-corrected chi connectivity index (χ3v) is 13.6. The van der Waals surface area contributed by atoms with Crippen molar-refractivity contribution in [2.45, 2.75) is 57.9 Å². The van der Waals surface area contributed by atoms with Crippen molar-refractivity contribution in [3.8, 4) is 27.9 Å². The van der Waals surface area contributed by atoms with Gasteiger partial charge in [-0.25, -0.2) is 0 Å². The van der Waals surface area contributed by atoms with Crippen LogP contribution >= 0.6 is 0 Å². The standard InChI is InChI=1S/C53H46N2/c1-34-29-51-45(47-21-13-14-28-53(47,4)55(51)39-17-9-6-10-18-39)31-41(34)37-24-27-49-43(30-37)44-32-42-40-19-11-12-20-46(40)52(2,3)48(42)33-50(44)54(49)38-25-22-36(23-26-38)35-15-7-5-8-16-35/h5-23,25-26,28,30-34,47H,24,27,29H2,1-4H3. The Balaban J connectivity index is 1.09. The van der Waals surface area contributed by atoms with Gasteiger partial charge in [-0.2, -0.15) is 0 Å². The highest BCUT2D eigenvalue weighted by molar-refractivity contribution is 6.00. The van der Waals surface area contributed by atoms with Crippen molar-refractivity contribution in [3.63, 3.8) is 0 Å². The predicted molar refractivity (Wildman–Crippen MR) is 231 cm³/mol. The predicted octanol–water partition coefficient (Wildman–Crippen LogP) is 13.2. The zero-order valence-electron chi connectivity index (χ0n) is 32.2. The molecule has 4 aliphatic carbocycles. The lowest BCUT2D eigenvalue weighted by Crippen LogP contribution is -2.45. The Morgan fingerprint density at radius 3 is 2.18 bits per heavy atom. The van der Waals surface area contributed by atoms with Crippen molar-refractivity contribution < 1.29 is 0 Å². The van der Waals surface area contributed by atoms with Gasteiger partial charge in [0.05, 0.1) is 11.1 Å². The minimum atomic E-state index is -0.117. The Bertz CT molecular complexity index is 2710. The summed E-state index contributed by atoms with van der Waals surface area (Å²) >= 11 is 0. The van der Waals surface area contributed by atoms with Gasteiger partial charge in [0.15, 0.2) is 0 Å². The average Bonchev–Trinajstić information content (AvgIpc) is 3.76. The number of allylic oxidation sites excluding steroid dienone is 6. The van der Waals surface area contributed by atoms with Crippen molar-refractivity contribution in [2.75, 3.05) is 4.90 Å². The minimum Gasteiger partial charge on any atom is -0.335 e. The van der Waals surface area contributed by atoms with Gasteiger partial charge in [-0.1, -0.05) is 136 Å². The number of anilines is 1. The molecule has 11 rings (SSSR count). The molecule has 5 aromatic carbocycles. The average molecular weight is 711 g/mol. The van der Waals surface area contributed by atoms with E-state index in [0.29, 0.717) is 11.8 Å². The van der Waals surface area contributed by atoms with Crippen molar-refractivity contribution in [2.24, 2.45) is 11.8 Å². The lowest BCUT2D eigenvalue weighted by Gasteiger charge is -2.41. The van der Waals surface area contributed by atoms with Gasteiger partial charge in [-0.05, 0) is 125 Å². The lowest BCUT2D eigenvalue weighted by molar-refractivity contribution is 0.493. The summed E-state index contributed by atoms with van der Waals surface area (Å²) in [7, 11) is 0. The molecule has 0 spiro atoms. The van der Waals surface area contributed by atoms with Gasteiger partial charge in [0.1, 0.15) is 0 Å². The molecule has 1 aliphatic heterocycles. The molecule has 55 heavy (non-hydrogen) atoms. The van der Waals surface area contributed by atoms with E-state index in [2.05, 4.69) is 195 Å². The molecule has 2 heteroatoms. The van der Waals surface area contributed by atoms with E-state index in [-0.39, 0.29) is 11.0 Å². The van der Waals surface area contributed by atoms with E-state index in [9.17, 15) is 0 Å². The molecule has 2 nitrogen and oxygen atoms in total. The third-order valence-electron chi connectivity index (χ3n) is 13.6. The number of hydrogen-bond acceptors (Lipinski definition) is 1. The Hall–Kier alpha value is -5.86. The van der Waals surface area contributed by atoms with E-state index >= 15 is 0 Å². The highest BCUT2D eigenvalue weighted by Crippen LogP contribution is 2.55. The van der Waals surface area contributed by atoms with Crippen molar-refractivity contribution in [1.82, 2.24) is 4.57 Å². The number of fused-ring (bicyclic) bond motifs is 8. The van der Waals surface area contributed by atoms with Crippen LogP contribution in [0, 0.1) is 11.8 Å². The number of para-hydroxylation sites is 1.